The van der Waals surface area contributed by atoms with Crippen LogP contribution in [0.5, 0.6) is 11.5 Å². The quantitative estimate of drug-likeness (QED) is 0.487. The van der Waals surface area contributed by atoms with E-state index in [-0.39, 0.29) is 18.0 Å². The van der Waals surface area contributed by atoms with Crippen LogP contribution in [0.25, 0.3) is 5.82 Å². The lowest BCUT2D eigenvalue weighted by Gasteiger charge is -2.45. The Hall–Kier alpha value is -4.24. The van der Waals surface area contributed by atoms with Crippen molar-refractivity contribution in [1.82, 2.24) is 4.57 Å². The number of carbonyl (C=O) groups excluding carboxylic acids is 1. The third-order valence-electron chi connectivity index (χ3n) is 6.91. The van der Waals surface area contributed by atoms with E-state index in [9.17, 15) is 10.1 Å². The van der Waals surface area contributed by atoms with E-state index in [1.807, 2.05) is 77.6 Å². The predicted octanol–water partition coefficient (Wildman–Crippen LogP) is 5.86. The zero-order valence-electron chi connectivity index (χ0n) is 19.7. The topological polar surface area (TPSA) is 67.5 Å². The Balaban J connectivity index is 1.67. The Kier molecular flexibility index (Phi) is 4.82. The molecule has 0 spiro atoms. The summed E-state index contributed by atoms with van der Waals surface area (Å²) in [6.45, 7) is 4.43. The lowest BCUT2D eigenvalue weighted by atomic mass is 9.68. The maximum atomic E-state index is 13.8. The van der Waals surface area contributed by atoms with Gasteiger partial charge < -0.3 is 14.0 Å². The van der Waals surface area contributed by atoms with E-state index >= 15 is 0 Å². The van der Waals surface area contributed by atoms with Crippen molar-refractivity contribution in [3.8, 4) is 17.6 Å². The van der Waals surface area contributed by atoms with Gasteiger partial charge in [-0.05, 0) is 53.8 Å². The van der Waals surface area contributed by atoms with Crippen LogP contribution in [0, 0.1) is 16.7 Å². The van der Waals surface area contributed by atoms with Gasteiger partial charge >= 0.3 is 0 Å². The number of anilines is 1. The molecule has 0 bridgehead atoms. The minimum Gasteiger partial charge on any atom is -0.454 e. The zero-order chi connectivity index (χ0) is 24.2. The minimum absolute atomic E-state index is 0.0826. The second-order valence-electron chi connectivity index (χ2n) is 9.96. The summed E-state index contributed by atoms with van der Waals surface area (Å²) in [5, 5.41) is 10.6. The van der Waals surface area contributed by atoms with E-state index in [1.54, 1.807) is 0 Å². The van der Waals surface area contributed by atoms with Gasteiger partial charge in [0.15, 0.2) is 17.3 Å². The standard InChI is InChI=1S/C29H25N3O3/c1-29(2)15-22-27(23(33)16-29)26(19-10-11-24-25(14-19)35-18-34-24)21(17-30)28(31-12-6-7-13-31)32(22)20-8-4-3-5-9-20/h3-14,26H,15-16,18H2,1-2H3/t26-/m1/s1. The van der Waals surface area contributed by atoms with Gasteiger partial charge in [0.2, 0.25) is 6.79 Å². The van der Waals surface area contributed by atoms with E-state index in [0.29, 0.717) is 35.5 Å². The van der Waals surface area contributed by atoms with Gasteiger partial charge in [-0.1, -0.05) is 38.1 Å². The summed E-state index contributed by atoms with van der Waals surface area (Å²) in [7, 11) is 0. The molecule has 0 saturated carbocycles. The lowest BCUT2D eigenvalue weighted by Crippen LogP contribution is -2.40. The molecule has 174 valence electrons. The fourth-order valence-electron chi connectivity index (χ4n) is 5.48. The Bertz CT molecular complexity index is 1430. The average Bonchev–Trinajstić information content (AvgIpc) is 3.54. The average molecular weight is 464 g/mol. The van der Waals surface area contributed by atoms with Gasteiger partial charge in [-0.25, -0.2) is 0 Å². The number of hydrogen-bond acceptors (Lipinski definition) is 5. The summed E-state index contributed by atoms with van der Waals surface area (Å²) >= 11 is 0. The predicted molar refractivity (Wildman–Crippen MR) is 133 cm³/mol. The van der Waals surface area contributed by atoms with Gasteiger partial charge in [0.25, 0.3) is 0 Å². The maximum Gasteiger partial charge on any atom is 0.231 e. The minimum atomic E-state index is -0.495. The summed E-state index contributed by atoms with van der Waals surface area (Å²) in [5.74, 6) is 1.65. The number of allylic oxidation sites excluding steroid dienone is 3. The third kappa shape index (κ3) is 3.43. The first-order valence-corrected chi connectivity index (χ1v) is 11.8. The summed E-state index contributed by atoms with van der Waals surface area (Å²) in [5.41, 5.74) is 3.74. The van der Waals surface area contributed by atoms with Crippen molar-refractivity contribution >= 4 is 17.3 Å². The van der Waals surface area contributed by atoms with Crippen molar-refractivity contribution in [2.24, 2.45) is 5.41 Å². The van der Waals surface area contributed by atoms with Crippen LogP contribution in [0.1, 0.15) is 38.2 Å². The van der Waals surface area contributed by atoms with Gasteiger partial charge in [-0.15, -0.1) is 0 Å². The number of ketones is 1. The maximum absolute atomic E-state index is 13.8. The largest absolute Gasteiger partial charge is 0.454 e. The smallest absolute Gasteiger partial charge is 0.231 e. The summed E-state index contributed by atoms with van der Waals surface area (Å²) in [6.07, 6.45) is 5.04. The monoisotopic (exact) mass is 463 g/mol. The van der Waals surface area contributed by atoms with Crippen molar-refractivity contribution in [3.63, 3.8) is 0 Å². The molecule has 0 saturated heterocycles. The first-order valence-electron chi connectivity index (χ1n) is 11.8. The highest BCUT2D eigenvalue weighted by atomic mass is 16.7. The molecule has 0 fully saturated rings. The molecule has 1 aliphatic carbocycles. The molecule has 2 aliphatic heterocycles. The van der Waals surface area contributed by atoms with Gasteiger partial charge in [-0.2, -0.15) is 5.26 Å². The summed E-state index contributed by atoms with van der Waals surface area (Å²) in [6, 6.07) is 22.1. The van der Waals surface area contributed by atoms with Crippen LogP contribution in [0.4, 0.5) is 5.69 Å². The summed E-state index contributed by atoms with van der Waals surface area (Å²) < 4.78 is 13.1. The SMILES string of the molecule is CC1(C)CC(=O)C2=C(C1)N(c1ccccc1)C(n1cccc1)=C(C#N)[C@H]2c1ccc2c(c1)OCO2. The van der Waals surface area contributed by atoms with Crippen molar-refractivity contribution in [3.05, 3.63) is 95.5 Å². The van der Waals surface area contributed by atoms with Gasteiger partial charge in [0, 0.05) is 35.8 Å². The first kappa shape index (κ1) is 21.3. The highest BCUT2D eigenvalue weighted by molar-refractivity contribution is 6.03. The molecule has 3 aliphatic rings. The number of carbonyl (C=O) groups is 1. The summed E-state index contributed by atoms with van der Waals surface area (Å²) in [4.78, 5) is 15.9. The van der Waals surface area contributed by atoms with Crippen molar-refractivity contribution in [2.75, 3.05) is 11.7 Å². The normalized spacial score (nSPS) is 20.7. The van der Waals surface area contributed by atoms with Gasteiger partial charge in [0.05, 0.1) is 17.6 Å². The lowest BCUT2D eigenvalue weighted by molar-refractivity contribution is -0.118. The highest BCUT2D eigenvalue weighted by Crippen LogP contribution is 2.52. The molecule has 0 amide bonds. The molecule has 2 aromatic carbocycles. The van der Waals surface area contributed by atoms with E-state index in [0.717, 1.165) is 22.8 Å². The molecule has 3 heterocycles. The molecular weight excluding hydrogens is 438 g/mol. The number of benzene rings is 2. The highest BCUT2D eigenvalue weighted by Gasteiger charge is 2.45. The number of nitriles is 1. The molecule has 0 radical (unpaired) electrons. The first-order chi connectivity index (χ1) is 17.0. The number of hydrogen-bond donors (Lipinski definition) is 0. The van der Waals surface area contributed by atoms with Crippen molar-refractivity contribution in [2.45, 2.75) is 32.6 Å². The molecule has 3 aromatic rings. The molecule has 6 nitrogen and oxygen atoms in total. The van der Waals surface area contributed by atoms with E-state index in [4.69, 9.17) is 9.47 Å². The van der Waals surface area contributed by atoms with Crippen molar-refractivity contribution < 1.29 is 14.3 Å². The Morgan fingerprint density at radius 2 is 1.71 bits per heavy atom. The van der Waals surface area contributed by atoms with Crippen LogP contribution in [0.2, 0.25) is 0 Å². The van der Waals surface area contributed by atoms with Crippen LogP contribution in [0.3, 0.4) is 0 Å². The number of fused-ring (bicyclic) bond motifs is 1. The molecule has 1 atom stereocenters. The number of para-hydroxylation sites is 1. The van der Waals surface area contributed by atoms with Crippen LogP contribution in [-0.2, 0) is 4.79 Å². The van der Waals surface area contributed by atoms with E-state index < -0.39 is 5.92 Å². The fourth-order valence-corrected chi connectivity index (χ4v) is 5.48. The number of rotatable bonds is 3. The second kappa shape index (κ2) is 7.92. The van der Waals surface area contributed by atoms with E-state index in [2.05, 4.69) is 24.8 Å². The van der Waals surface area contributed by atoms with Crippen LogP contribution < -0.4 is 14.4 Å². The molecule has 0 N–H and O–H groups in total. The number of nitrogens with zero attached hydrogens (tertiary/aromatic N) is 3. The molecular formula is C29H25N3O3. The Labute approximate surface area is 204 Å². The molecule has 1 aromatic heterocycles. The van der Waals surface area contributed by atoms with Gasteiger partial charge in [-0.3, -0.25) is 9.69 Å². The number of Topliss-reactive ketones (excluding diaryl/α,β-unsaturated/α-hetero) is 1. The molecule has 0 unspecified atom stereocenters. The molecule has 35 heavy (non-hydrogen) atoms. The molecule has 6 rings (SSSR count). The van der Waals surface area contributed by atoms with Gasteiger partial charge in [0.1, 0.15) is 5.82 Å². The fraction of sp³-hybridized carbons (Fsp3) is 0.241. The van der Waals surface area contributed by atoms with E-state index in [1.165, 1.54) is 0 Å². The number of aromatic nitrogens is 1. The molecule has 6 heteroatoms. The Morgan fingerprint density at radius 3 is 2.46 bits per heavy atom. The van der Waals surface area contributed by atoms with Crippen molar-refractivity contribution in [1.29, 1.82) is 5.26 Å². The van der Waals surface area contributed by atoms with Crippen LogP contribution >= 0.6 is 0 Å². The third-order valence-corrected chi connectivity index (χ3v) is 6.91. The second-order valence-corrected chi connectivity index (χ2v) is 9.96. The number of ether oxygens (including phenoxy) is 2. The van der Waals surface area contributed by atoms with Crippen LogP contribution in [0.15, 0.2) is 89.9 Å². The Morgan fingerprint density at radius 1 is 0.971 bits per heavy atom. The zero-order valence-corrected chi connectivity index (χ0v) is 19.7. The van der Waals surface area contributed by atoms with Crippen LogP contribution in [-0.4, -0.2) is 17.1 Å².